The maximum atomic E-state index is 12.4. The van der Waals surface area contributed by atoms with E-state index in [1.54, 1.807) is 0 Å². The van der Waals surface area contributed by atoms with Crippen LogP contribution in [0.15, 0.2) is 50.3 Å². The molecule has 0 spiro atoms. The molecular weight excluding hydrogens is 326 g/mol. The molecule has 5 heterocycles. The summed E-state index contributed by atoms with van der Waals surface area (Å²) in [6, 6.07) is -0.146. The summed E-state index contributed by atoms with van der Waals surface area (Å²) >= 11 is 0. The molecule has 6 heteroatoms. The van der Waals surface area contributed by atoms with Crippen molar-refractivity contribution in [2.75, 3.05) is 0 Å². The highest BCUT2D eigenvalue weighted by molar-refractivity contribution is 6.04. The lowest BCUT2D eigenvalue weighted by molar-refractivity contribution is -0.123. The molecule has 0 aromatic carbocycles. The molecule has 8 bridgehead atoms. The molecule has 5 aliphatic rings. The molecule has 134 valence electrons. The molecule has 2 unspecified atom stereocenters. The molecule has 0 aliphatic carbocycles. The van der Waals surface area contributed by atoms with E-state index < -0.39 is 5.54 Å². The predicted molar refractivity (Wildman–Crippen MR) is 102 cm³/mol. The van der Waals surface area contributed by atoms with Gasteiger partial charge < -0.3 is 11.1 Å². The van der Waals surface area contributed by atoms with Crippen molar-refractivity contribution in [3.8, 4) is 0 Å². The summed E-state index contributed by atoms with van der Waals surface area (Å²) in [7, 11) is 0. The minimum absolute atomic E-state index is 0.146. The molecule has 1 saturated heterocycles. The fourth-order valence-corrected chi connectivity index (χ4v) is 4.62. The quantitative estimate of drug-likeness (QED) is 0.760. The largest absolute Gasteiger partial charge is 0.367 e. The van der Waals surface area contributed by atoms with Gasteiger partial charge in [0.2, 0.25) is 5.91 Å². The fourth-order valence-electron chi connectivity index (χ4n) is 4.62. The maximum absolute atomic E-state index is 12.4. The van der Waals surface area contributed by atoms with Crippen LogP contribution in [0.4, 0.5) is 0 Å². The number of nitrogens with one attached hydrogen (secondary N) is 1. The van der Waals surface area contributed by atoms with E-state index in [0.717, 1.165) is 67.8 Å². The molecule has 0 saturated carbocycles. The number of primary amides is 1. The summed E-state index contributed by atoms with van der Waals surface area (Å²) in [4.78, 5) is 26.8. The molecular formula is C20H23N5O. The number of fused-ring (bicyclic) bond motifs is 6. The van der Waals surface area contributed by atoms with Gasteiger partial charge in [0, 0.05) is 34.2 Å². The van der Waals surface area contributed by atoms with Gasteiger partial charge in [0.05, 0.1) is 6.04 Å². The minimum atomic E-state index is -0.884. The molecule has 6 nitrogen and oxygen atoms in total. The Morgan fingerprint density at radius 1 is 1.00 bits per heavy atom. The number of allylic oxidation sites excluding steroid dienone is 6. The molecule has 5 rings (SSSR count). The molecule has 26 heavy (non-hydrogen) atoms. The highest BCUT2D eigenvalue weighted by Crippen LogP contribution is 2.37. The lowest BCUT2D eigenvalue weighted by atomic mass is 9.86. The van der Waals surface area contributed by atoms with Gasteiger partial charge in [-0.25, -0.2) is 0 Å². The number of carbonyl (C=O) groups is 1. The number of carbonyl (C=O) groups excluding carboxylic acids is 1. The van der Waals surface area contributed by atoms with Crippen molar-refractivity contribution in [3.05, 3.63) is 35.3 Å². The third-order valence-corrected chi connectivity index (χ3v) is 6.00. The van der Waals surface area contributed by atoms with Crippen molar-refractivity contribution >= 4 is 23.0 Å². The van der Waals surface area contributed by atoms with Gasteiger partial charge in [-0.1, -0.05) is 0 Å². The summed E-state index contributed by atoms with van der Waals surface area (Å²) in [5.41, 5.74) is 11.5. The average Bonchev–Trinajstić information content (AvgIpc) is 3.36. The highest BCUT2D eigenvalue weighted by atomic mass is 16.1. The minimum Gasteiger partial charge on any atom is -0.367 e. The van der Waals surface area contributed by atoms with Crippen molar-refractivity contribution in [1.82, 2.24) is 5.32 Å². The molecule has 1 amide bonds. The zero-order valence-corrected chi connectivity index (χ0v) is 14.8. The van der Waals surface area contributed by atoms with Crippen LogP contribution in [0, 0.1) is 0 Å². The SMILES string of the molecule is NC(=O)C12CCC(=N1)/C=C1/CCC(=N1)/C=C1/CC/C(=C/C3=NC2CC3)N1. The second-order valence-corrected chi connectivity index (χ2v) is 7.77. The molecule has 1 fully saturated rings. The van der Waals surface area contributed by atoms with E-state index in [1.807, 2.05) is 0 Å². The standard InChI is InChI=1S/C20H23N5O/c21-19(26)20-8-7-17(25-20)11-15-4-3-13(23-15)9-12-1-2-14(22-12)10-16-5-6-18(20)24-16/h9-11,18,22H,1-8H2,(H2,21,26)/b12-9-,14-10-,15-11-. The first-order valence-corrected chi connectivity index (χ1v) is 9.52. The zero-order chi connectivity index (χ0) is 17.7. The van der Waals surface area contributed by atoms with Crippen LogP contribution >= 0.6 is 0 Å². The van der Waals surface area contributed by atoms with E-state index in [-0.39, 0.29) is 11.9 Å². The number of hydrogen-bond acceptors (Lipinski definition) is 5. The smallest absolute Gasteiger partial charge is 0.247 e. The van der Waals surface area contributed by atoms with Crippen LogP contribution in [0.25, 0.3) is 0 Å². The number of hydrogen-bond donors (Lipinski definition) is 2. The van der Waals surface area contributed by atoms with E-state index in [4.69, 9.17) is 20.7 Å². The van der Waals surface area contributed by atoms with Gasteiger partial charge in [-0.15, -0.1) is 0 Å². The van der Waals surface area contributed by atoms with E-state index in [9.17, 15) is 4.79 Å². The molecule has 0 aromatic heterocycles. The number of nitrogens with zero attached hydrogens (tertiary/aromatic N) is 3. The number of aliphatic imine (C=N–C) groups is 3. The van der Waals surface area contributed by atoms with Crippen molar-refractivity contribution in [2.45, 2.75) is 62.9 Å². The van der Waals surface area contributed by atoms with Crippen molar-refractivity contribution in [2.24, 2.45) is 20.7 Å². The normalized spacial score (nSPS) is 38.4. The van der Waals surface area contributed by atoms with Gasteiger partial charge in [-0.2, -0.15) is 0 Å². The van der Waals surface area contributed by atoms with Crippen LogP contribution in [0.1, 0.15) is 51.4 Å². The molecule has 5 aliphatic heterocycles. The van der Waals surface area contributed by atoms with Gasteiger partial charge in [0.15, 0.2) is 5.54 Å². The van der Waals surface area contributed by atoms with E-state index in [2.05, 4.69) is 23.5 Å². The summed E-state index contributed by atoms with van der Waals surface area (Å²) in [6.45, 7) is 0. The van der Waals surface area contributed by atoms with Gasteiger partial charge in [0.25, 0.3) is 0 Å². The summed E-state index contributed by atoms with van der Waals surface area (Å²) in [5.74, 6) is -0.351. The second-order valence-electron chi connectivity index (χ2n) is 7.77. The molecule has 3 N–H and O–H groups in total. The number of amides is 1. The number of rotatable bonds is 1. The van der Waals surface area contributed by atoms with Crippen LogP contribution in [0.2, 0.25) is 0 Å². The van der Waals surface area contributed by atoms with Crippen LogP contribution in [-0.2, 0) is 4.79 Å². The topological polar surface area (TPSA) is 92.2 Å². The monoisotopic (exact) mass is 349 g/mol. The van der Waals surface area contributed by atoms with E-state index in [0.29, 0.717) is 6.42 Å². The van der Waals surface area contributed by atoms with Gasteiger partial charge in [-0.3, -0.25) is 19.8 Å². The van der Waals surface area contributed by atoms with E-state index >= 15 is 0 Å². The molecule has 0 aromatic rings. The Morgan fingerprint density at radius 2 is 1.81 bits per heavy atom. The zero-order valence-electron chi connectivity index (χ0n) is 14.8. The van der Waals surface area contributed by atoms with Crippen molar-refractivity contribution in [1.29, 1.82) is 0 Å². The maximum Gasteiger partial charge on any atom is 0.247 e. The molecule has 2 atom stereocenters. The average molecular weight is 349 g/mol. The molecule has 0 radical (unpaired) electrons. The Labute approximate surface area is 152 Å². The van der Waals surface area contributed by atoms with Crippen molar-refractivity contribution in [3.63, 3.8) is 0 Å². The first-order chi connectivity index (χ1) is 12.6. The van der Waals surface area contributed by atoms with Crippen LogP contribution in [0.5, 0.6) is 0 Å². The number of nitrogens with two attached hydrogens (primary N) is 1. The van der Waals surface area contributed by atoms with Crippen molar-refractivity contribution < 1.29 is 4.79 Å². The Balaban J connectivity index is 1.62. The Bertz CT molecular complexity index is 873. The van der Waals surface area contributed by atoms with E-state index in [1.165, 1.54) is 11.4 Å². The first-order valence-electron chi connectivity index (χ1n) is 9.52. The predicted octanol–water partition coefficient (Wildman–Crippen LogP) is 2.33. The van der Waals surface area contributed by atoms with Gasteiger partial charge in [-0.05, 0) is 69.6 Å². The fraction of sp³-hybridized carbons (Fsp3) is 0.500. The third kappa shape index (κ3) is 2.55. The Hall–Kier alpha value is -2.50. The lowest BCUT2D eigenvalue weighted by Crippen LogP contribution is -2.48. The Morgan fingerprint density at radius 3 is 2.62 bits per heavy atom. The van der Waals surface area contributed by atoms with Crippen LogP contribution < -0.4 is 11.1 Å². The second kappa shape index (κ2) is 5.76. The van der Waals surface area contributed by atoms with Crippen LogP contribution in [-0.4, -0.2) is 34.6 Å². The first kappa shape index (κ1) is 15.7. The van der Waals surface area contributed by atoms with Gasteiger partial charge >= 0.3 is 0 Å². The summed E-state index contributed by atoms with van der Waals surface area (Å²) in [6.07, 6.45) is 13.4. The third-order valence-electron chi connectivity index (χ3n) is 6.00. The van der Waals surface area contributed by atoms with Gasteiger partial charge in [0.1, 0.15) is 0 Å². The highest BCUT2D eigenvalue weighted by Gasteiger charge is 2.48. The summed E-state index contributed by atoms with van der Waals surface area (Å²) < 4.78 is 0. The Kier molecular flexibility index (Phi) is 3.48. The summed E-state index contributed by atoms with van der Waals surface area (Å²) in [5, 5.41) is 3.51. The van der Waals surface area contributed by atoms with Crippen LogP contribution in [0.3, 0.4) is 0 Å². The lowest BCUT2D eigenvalue weighted by Gasteiger charge is -2.26.